The van der Waals surface area contributed by atoms with Gasteiger partial charge in [-0.2, -0.15) is 0 Å². The van der Waals surface area contributed by atoms with Crippen molar-refractivity contribution in [2.24, 2.45) is 12.0 Å². The van der Waals surface area contributed by atoms with Gasteiger partial charge in [-0.25, -0.2) is 0 Å². The van der Waals surface area contributed by atoms with E-state index in [1.165, 1.54) is 31.2 Å². The summed E-state index contributed by atoms with van der Waals surface area (Å²) in [4.78, 5) is 4.26. The van der Waals surface area contributed by atoms with Crippen LogP contribution in [-0.4, -0.2) is 24.1 Å². The first kappa shape index (κ1) is 18.1. The van der Waals surface area contributed by atoms with Gasteiger partial charge in [0.2, 0.25) is 0 Å². The third kappa shape index (κ3) is 6.54. The van der Waals surface area contributed by atoms with Gasteiger partial charge in [0.15, 0.2) is 5.96 Å². The number of hydrogen-bond donors (Lipinski definition) is 2. The van der Waals surface area contributed by atoms with Gasteiger partial charge in [0, 0.05) is 39.6 Å². The number of aryl methyl sites for hydroxylation is 1. The Hall–Kier alpha value is -0.980. The lowest BCUT2D eigenvalue weighted by atomic mass is 9.97. The first-order valence-electron chi connectivity index (χ1n) is 7.51. The van der Waals surface area contributed by atoms with Crippen LogP contribution in [0.15, 0.2) is 35.1 Å². The van der Waals surface area contributed by atoms with Gasteiger partial charge in [-0.15, -0.1) is 24.0 Å². The second kappa shape index (κ2) is 9.87. The molecule has 0 aliphatic heterocycles. The van der Waals surface area contributed by atoms with Crippen LogP contribution in [0.3, 0.4) is 0 Å². The zero-order valence-electron chi connectivity index (χ0n) is 13.1. The lowest BCUT2D eigenvalue weighted by Gasteiger charge is -2.15. The third-order valence-corrected chi connectivity index (χ3v) is 3.70. The molecule has 0 bridgehead atoms. The molecule has 0 spiro atoms. The topological polar surface area (TPSA) is 41.4 Å². The highest BCUT2D eigenvalue weighted by molar-refractivity contribution is 14.0. The van der Waals surface area contributed by atoms with Crippen molar-refractivity contribution >= 4 is 29.9 Å². The van der Waals surface area contributed by atoms with E-state index in [0.717, 1.165) is 25.5 Å². The minimum absolute atomic E-state index is 0. The van der Waals surface area contributed by atoms with Gasteiger partial charge in [-0.3, -0.25) is 4.99 Å². The Labute approximate surface area is 145 Å². The van der Waals surface area contributed by atoms with E-state index in [1.807, 2.05) is 14.1 Å². The summed E-state index contributed by atoms with van der Waals surface area (Å²) in [5.74, 6) is 0.880. The standard InChI is InChI=1S/C16H26N4.HI/c1-17-16(19-12-15-9-11-20(2)13-15)18-10-8-14-6-4-3-5-7-14;/h6,9,11,13H,3-5,7-8,10,12H2,1-2H3,(H2,17,18,19);1H. The van der Waals surface area contributed by atoms with E-state index in [9.17, 15) is 0 Å². The van der Waals surface area contributed by atoms with E-state index in [4.69, 9.17) is 0 Å². The van der Waals surface area contributed by atoms with Crippen LogP contribution in [0.1, 0.15) is 37.7 Å². The van der Waals surface area contributed by atoms with Crippen molar-refractivity contribution in [2.45, 2.75) is 38.6 Å². The van der Waals surface area contributed by atoms with Gasteiger partial charge >= 0.3 is 0 Å². The molecule has 0 aromatic carbocycles. The fourth-order valence-corrected chi connectivity index (χ4v) is 2.55. The summed E-state index contributed by atoms with van der Waals surface area (Å²) >= 11 is 0. The summed E-state index contributed by atoms with van der Waals surface area (Å²) < 4.78 is 2.06. The number of aliphatic imine (C=N–C) groups is 1. The van der Waals surface area contributed by atoms with E-state index in [2.05, 4.69) is 44.7 Å². The normalized spacial score (nSPS) is 15.1. The van der Waals surface area contributed by atoms with Gasteiger partial charge in [-0.1, -0.05) is 11.6 Å². The molecule has 2 rings (SSSR count). The highest BCUT2D eigenvalue weighted by Crippen LogP contribution is 2.19. The Morgan fingerprint density at radius 1 is 1.33 bits per heavy atom. The Kier molecular flexibility index (Phi) is 8.49. The molecule has 5 heteroatoms. The van der Waals surface area contributed by atoms with E-state index >= 15 is 0 Å². The summed E-state index contributed by atoms with van der Waals surface area (Å²) in [7, 11) is 3.86. The maximum absolute atomic E-state index is 4.26. The minimum Gasteiger partial charge on any atom is -0.357 e. The lowest BCUT2D eigenvalue weighted by Crippen LogP contribution is -2.37. The molecule has 4 nitrogen and oxygen atoms in total. The van der Waals surface area contributed by atoms with Crippen LogP contribution >= 0.6 is 24.0 Å². The molecule has 1 aliphatic rings. The first-order valence-corrected chi connectivity index (χ1v) is 7.51. The van der Waals surface area contributed by atoms with Crippen LogP contribution in [-0.2, 0) is 13.6 Å². The average molecular weight is 402 g/mol. The summed E-state index contributed by atoms with van der Waals surface area (Å²) in [6.45, 7) is 1.77. The van der Waals surface area contributed by atoms with Crippen molar-refractivity contribution in [3.8, 4) is 0 Å². The molecule has 1 aromatic rings. The fraction of sp³-hybridized carbons (Fsp3) is 0.562. The second-order valence-electron chi connectivity index (χ2n) is 5.40. The van der Waals surface area contributed by atoms with E-state index in [-0.39, 0.29) is 24.0 Å². The fourth-order valence-electron chi connectivity index (χ4n) is 2.55. The molecular formula is C16H27IN4. The number of guanidine groups is 1. The van der Waals surface area contributed by atoms with Crippen molar-refractivity contribution < 1.29 is 0 Å². The van der Waals surface area contributed by atoms with Gasteiger partial charge in [0.05, 0.1) is 0 Å². The van der Waals surface area contributed by atoms with E-state index in [0.29, 0.717) is 0 Å². The monoisotopic (exact) mass is 402 g/mol. The summed E-state index contributed by atoms with van der Waals surface area (Å²) in [5, 5.41) is 6.73. The molecule has 21 heavy (non-hydrogen) atoms. The van der Waals surface area contributed by atoms with Crippen molar-refractivity contribution in [2.75, 3.05) is 13.6 Å². The maximum Gasteiger partial charge on any atom is 0.191 e. The number of allylic oxidation sites excluding steroid dienone is 1. The number of rotatable bonds is 5. The van der Waals surface area contributed by atoms with Crippen LogP contribution in [0.25, 0.3) is 0 Å². The smallest absolute Gasteiger partial charge is 0.191 e. The van der Waals surface area contributed by atoms with Gasteiger partial charge in [-0.05, 0) is 43.7 Å². The molecule has 0 atom stereocenters. The predicted molar refractivity (Wildman–Crippen MR) is 100 cm³/mol. The SMILES string of the molecule is CN=C(NCCC1=CCCCC1)NCc1ccn(C)c1.I. The quantitative estimate of drug-likeness (QED) is 0.344. The molecule has 1 heterocycles. The molecule has 0 saturated carbocycles. The second-order valence-corrected chi connectivity index (χ2v) is 5.40. The van der Waals surface area contributed by atoms with Crippen molar-refractivity contribution in [1.29, 1.82) is 0 Å². The van der Waals surface area contributed by atoms with Crippen molar-refractivity contribution in [1.82, 2.24) is 15.2 Å². The molecule has 0 unspecified atom stereocenters. The molecule has 1 aromatic heterocycles. The zero-order valence-corrected chi connectivity index (χ0v) is 15.4. The lowest BCUT2D eigenvalue weighted by molar-refractivity contribution is 0.665. The maximum atomic E-state index is 4.26. The largest absolute Gasteiger partial charge is 0.357 e. The van der Waals surface area contributed by atoms with Crippen LogP contribution in [0, 0.1) is 0 Å². The molecule has 0 amide bonds. The van der Waals surface area contributed by atoms with Crippen LogP contribution in [0.5, 0.6) is 0 Å². The average Bonchev–Trinajstić information content (AvgIpc) is 2.89. The highest BCUT2D eigenvalue weighted by atomic mass is 127. The molecule has 1 aliphatic carbocycles. The van der Waals surface area contributed by atoms with Crippen LogP contribution in [0.2, 0.25) is 0 Å². The van der Waals surface area contributed by atoms with E-state index < -0.39 is 0 Å². The van der Waals surface area contributed by atoms with Crippen LogP contribution in [0.4, 0.5) is 0 Å². The summed E-state index contributed by atoms with van der Waals surface area (Å²) in [5.41, 5.74) is 2.87. The summed E-state index contributed by atoms with van der Waals surface area (Å²) in [6, 6.07) is 2.12. The number of nitrogens with one attached hydrogen (secondary N) is 2. The predicted octanol–water partition coefficient (Wildman–Crippen LogP) is 3.20. The molecule has 2 N–H and O–H groups in total. The van der Waals surface area contributed by atoms with Crippen molar-refractivity contribution in [3.63, 3.8) is 0 Å². The number of aromatic nitrogens is 1. The zero-order chi connectivity index (χ0) is 14.2. The van der Waals surface area contributed by atoms with Gasteiger partial charge < -0.3 is 15.2 Å². The van der Waals surface area contributed by atoms with E-state index in [1.54, 1.807) is 5.57 Å². The number of nitrogens with zero attached hydrogens (tertiary/aromatic N) is 2. The first-order chi connectivity index (χ1) is 9.78. The minimum atomic E-state index is 0. The molecule has 118 valence electrons. The third-order valence-electron chi connectivity index (χ3n) is 3.70. The number of halogens is 1. The van der Waals surface area contributed by atoms with Gasteiger partial charge in [0.1, 0.15) is 0 Å². The Morgan fingerprint density at radius 2 is 2.19 bits per heavy atom. The Balaban J connectivity index is 0.00000220. The highest BCUT2D eigenvalue weighted by Gasteiger charge is 2.04. The molecule has 0 radical (unpaired) electrons. The van der Waals surface area contributed by atoms with Crippen molar-refractivity contribution in [3.05, 3.63) is 35.7 Å². The Morgan fingerprint density at radius 3 is 2.81 bits per heavy atom. The van der Waals surface area contributed by atoms with Crippen LogP contribution < -0.4 is 10.6 Å². The number of hydrogen-bond acceptors (Lipinski definition) is 1. The molecule has 0 fully saturated rings. The molecular weight excluding hydrogens is 375 g/mol. The Bertz CT molecular complexity index is 476. The summed E-state index contributed by atoms with van der Waals surface area (Å²) in [6.07, 6.45) is 13.0. The molecule has 0 saturated heterocycles. The van der Waals surface area contributed by atoms with Gasteiger partial charge in [0.25, 0.3) is 0 Å².